The molecule has 2 aromatic heterocycles. The zero-order valence-electron chi connectivity index (χ0n) is 12.6. The number of carbonyl (C=O) groups excluding carboxylic acids is 1. The minimum atomic E-state index is -0.0163. The molecule has 1 aliphatic heterocycles. The fourth-order valence-electron chi connectivity index (χ4n) is 2.67. The summed E-state index contributed by atoms with van der Waals surface area (Å²) in [4.78, 5) is 22.7. The van der Waals surface area contributed by atoms with Crippen LogP contribution in [-0.2, 0) is 0 Å². The van der Waals surface area contributed by atoms with Gasteiger partial charge < -0.3 is 10.6 Å². The average Bonchev–Trinajstić information content (AvgIpc) is 2.79. The number of amides is 1. The number of piperazine rings is 1. The molecule has 0 atom stereocenters. The first-order chi connectivity index (χ1) is 9.90. The Morgan fingerprint density at radius 1 is 1.43 bits per heavy atom. The number of nitrogens with two attached hydrogens (primary N) is 1. The summed E-state index contributed by atoms with van der Waals surface area (Å²) in [6.45, 7) is 6.63. The van der Waals surface area contributed by atoms with Gasteiger partial charge in [-0.15, -0.1) is 11.3 Å². The number of hydrogen-bond donors (Lipinski definition) is 1. The van der Waals surface area contributed by atoms with Gasteiger partial charge in [0.05, 0.1) is 5.69 Å². The molecule has 1 aliphatic rings. The topological polar surface area (TPSA) is 62.5 Å². The molecule has 5 nitrogen and oxygen atoms in total. The lowest BCUT2D eigenvalue weighted by Gasteiger charge is -2.45. The second-order valence-corrected chi connectivity index (χ2v) is 7.16. The van der Waals surface area contributed by atoms with E-state index in [1.54, 1.807) is 6.20 Å². The summed E-state index contributed by atoms with van der Waals surface area (Å²) in [7, 11) is 2.10. The highest BCUT2D eigenvalue weighted by molar-refractivity contribution is 7.21. The van der Waals surface area contributed by atoms with E-state index in [9.17, 15) is 4.79 Å². The molecule has 0 spiro atoms. The largest absolute Gasteiger partial charge is 0.397 e. The summed E-state index contributed by atoms with van der Waals surface area (Å²) in [5.41, 5.74) is 6.70. The van der Waals surface area contributed by atoms with E-state index in [1.165, 1.54) is 11.3 Å². The molecule has 2 aromatic rings. The van der Waals surface area contributed by atoms with Gasteiger partial charge in [0.25, 0.3) is 5.91 Å². The van der Waals surface area contributed by atoms with E-state index in [2.05, 4.69) is 30.8 Å². The molecular formula is C15H20N4OS. The van der Waals surface area contributed by atoms with E-state index in [0.717, 1.165) is 23.3 Å². The molecule has 112 valence electrons. The number of aromatic nitrogens is 1. The van der Waals surface area contributed by atoms with Gasteiger partial charge in [-0.2, -0.15) is 0 Å². The Hall–Kier alpha value is -1.66. The molecule has 1 amide bonds. The summed E-state index contributed by atoms with van der Waals surface area (Å²) < 4.78 is 0. The summed E-state index contributed by atoms with van der Waals surface area (Å²) >= 11 is 1.39. The van der Waals surface area contributed by atoms with Gasteiger partial charge in [-0.1, -0.05) is 0 Å². The van der Waals surface area contributed by atoms with Gasteiger partial charge >= 0.3 is 0 Å². The van der Waals surface area contributed by atoms with Gasteiger partial charge in [0.2, 0.25) is 0 Å². The molecule has 0 unspecified atom stereocenters. The predicted molar refractivity (Wildman–Crippen MR) is 86.6 cm³/mol. The van der Waals surface area contributed by atoms with Crippen molar-refractivity contribution >= 4 is 33.1 Å². The van der Waals surface area contributed by atoms with Crippen LogP contribution in [-0.4, -0.2) is 52.9 Å². The lowest BCUT2D eigenvalue weighted by atomic mass is 9.99. The Morgan fingerprint density at radius 2 is 2.19 bits per heavy atom. The van der Waals surface area contributed by atoms with Crippen molar-refractivity contribution in [2.24, 2.45) is 0 Å². The Kier molecular flexibility index (Phi) is 3.37. The molecule has 6 heteroatoms. The maximum atomic E-state index is 12.8. The standard InChI is InChI=1S/C15H20N4OS/c1-15(2)9-19(8-7-18(15)3)14(20)12-11(16)10-5-4-6-17-13(10)21-12/h4-6H,7-9,16H2,1-3H3. The van der Waals surface area contributed by atoms with Crippen LogP contribution in [0.15, 0.2) is 18.3 Å². The maximum Gasteiger partial charge on any atom is 0.266 e. The lowest BCUT2D eigenvalue weighted by Crippen LogP contribution is -2.58. The van der Waals surface area contributed by atoms with Crippen LogP contribution in [0.2, 0.25) is 0 Å². The Labute approximate surface area is 128 Å². The minimum absolute atomic E-state index is 0.0163. The molecule has 1 saturated heterocycles. The van der Waals surface area contributed by atoms with E-state index in [-0.39, 0.29) is 11.4 Å². The lowest BCUT2D eigenvalue weighted by molar-refractivity contribution is 0.0315. The third kappa shape index (κ3) is 2.38. The van der Waals surface area contributed by atoms with E-state index in [1.807, 2.05) is 17.0 Å². The number of anilines is 1. The van der Waals surface area contributed by atoms with Crippen LogP contribution in [0.25, 0.3) is 10.2 Å². The molecule has 0 radical (unpaired) electrons. The number of fused-ring (bicyclic) bond motifs is 1. The van der Waals surface area contributed by atoms with Crippen LogP contribution in [0.4, 0.5) is 5.69 Å². The molecule has 3 rings (SSSR count). The maximum absolute atomic E-state index is 12.8. The molecule has 0 saturated carbocycles. The average molecular weight is 304 g/mol. The van der Waals surface area contributed by atoms with Crippen LogP contribution in [0.3, 0.4) is 0 Å². The number of pyridine rings is 1. The van der Waals surface area contributed by atoms with Crippen molar-refractivity contribution in [3.8, 4) is 0 Å². The number of thiophene rings is 1. The number of nitrogen functional groups attached to an aromatic ring is 1. The Balaban J connectivity index is 1.92. The zero-order valence-corrected chi connectivity index (χ0v) is 13.4. The smallest absolute Gasteiger partial charge is 0.266 e. The van der Waals surface area contributed by atoms with Gasteiger partial charge in [-0.3, -0.25) is 9.69 Å². The second kappa shape index (κ2) is 4.96. The van der Waals surface area contributed by atoms with E-state index < -0.39 is 0 Å². The molecule has 0 aliphatic carbocycles. The Bertz CT molecular complexity index is 694. The number of nitrogens with zero attached hydrogens (tertiary/aromatic N) is 3. The normalized spacial score (nSPS) is 19.1. The van der Waals surface area contributed by atoms with Crippen molar-refractivity contribution in [3.63, 3.8) is 0 Å². The van der Waals surface area contributed by atoms with Gasteiger partial charge in [-0.25, -0.2) is 4.98 Å². The molecule has 0 bridgehead atoms. The highest BCUT2D eigenvalue weighted by Crippen LogP contribution is 2.33. The molecule has 2 N–H and O–H groups in total. The Morgan fingerprint density at radius 3 is 2.86 bits per heavy atom. The van der Waals surface area contributed by atoms with E-state index >= 15 is 0 Å². The van der Waals surface area contributed by atoms with E-state index in [4.69, 9.17) is 5.73 Å². The van der Waals surface area contributed by atoms with Gasteiger partial charge in [0.15, 0.2) is 0 Å². The monoisotopic (exact) mass is 304 g/mol. The molecule has 21 heavy (non-hydrogen) atoms. The summed E-state index contributed by atoms with van der Waals surface area (Å²) in [6, 6.07) is 3.76. The van der Waals surface area contributed by atoms with Crippen LogP contribution in [0.1, 0.15) is 23.5 Å². The predicted octanol–water partition coefficient (Wildman–Crippen LogP) is 2.04. The highest BCUT2D eigenvalue weighted by Gasteiger charge is 2.34. The van der Waals surface area contributed by atoms with Crippen LogP contribution < -0.4 is 5.73 Å². The minimum Gasteiger partial charge on any atom is -0.397 e. The third-order valence-corrected chi connectivity index (χ3v) is 5.42. The second-order valence-electron chi connectivity index (χ2n) is 6.16. The molecular weight excluding hydrogens is 284 g/mol. The first kappa shape index (κ1) is 14.3. The van der Waals surface area contributed by atoms with Crippen molar-refractivity contribution in [2.45, 2.75) is 19.4 Å². The van der Waals surface area contributed by atoms with Crippen molar-refractivity contribution in [2.75, 3.05) is 32.4 Å². The number of hydrogen-bond acceptors (Lipinski definition) is 5. The van der Waals surface area contributed by atoms with Crippen LogP contribution in [0, 0.1) is 0 Å². The number of likely N-dealkylation sites (N-methyl/N-ethyl adjacent to an activating group) is 1. The van der Waals surface area contributed by atoms with Crippen LogP contribution >= 0.6 is 11.3 Å². The van der Waals surface area contributed by atoms with Gasteiger partial charge in [0.1, 0.15) is 9.71 Å². The van der Waals surface area contributed by atoms with Crippen molar-refractivity contribution in [1.29, 1.82) is 0 Å². The summed E-state index contributed by atoms with van der Waals surface area (Å²) in [5, 5.41) is 0.874. The molecule has 3 heterocycles. The first-order valence-corrected chi connectivity index (χ1v) is 7.85. The molecule has 1 fully saturated rings. The van der Waals surface area contributed by atoms with Crippen molar-refractivity contribution in [3.05, 3.63) is 23.2 Å². The van der Waals surface area contributed by atoms with Crippen molar-refractivity contribution in [1.82, 2.24) is 14.8 Å². The quantitative estimate of drug-likeness (QED) is 0.876. The highest BCUT2D eigenvalue weighted by atomic mass is 32.1. The van der Waals surface area contributed by atoms with E-state index in [0.29, 0.717) is 17.1 Å². The number of rotatable bonds is 1. The summed E-state index contributed by atoms with van der Waals surface area (Å²) in [6.07, 6.45) is 1.73. The fourth-order valence-corrected chi connectivity index (χ4v) is 3.70. The first-order valence-electron chi connectivity index (χ1n) is 7.03. The zero-order chi connectivity index (χ0) is 15.2. The SMILES string of the molecule is CN1CCN(C(=O)c2sc3ncccc3c2N)CC1(C)C. The van der Waals surface area contributed by atoms with Crippen LogP contribution in [0.5, 0.6) is 0 Å². The van der Waals surface area contributed by atoms with Crippen molar-refractivity contribution < 1.29 is 4.79 Å². The van der Waals surface area contributed by atoms with Gasteiger partial charge in [0, 0.05) is 36.8 Å². The fraction of sp³-hybridized carbons (Fsp3) is 0.467. The molecule has 0 aromatic carbocycles. The summed E-state index contributed by atoms with van der Waals surface area (Å²) in [5.74, 6) is 0.0247. The third-order valence-electron chi connectivity index (χ3n) is 4.30. The van der Waals surface area contributed by atoms with Gasteiger partial charge in [-0.05, 0) is 33.0 Å². The number of carbonyl (C=O) groups is 1.